The molecule has 1 radical (unpaired) electrons. The minimum Gasteiger partial charge on any atom is -0.402 e. The van der Waals surface area contributed by atoms with E-state index in [1.165, 1.54) is 6.47 Å². The minimum atomic E-state index is -0.891. The van der Waals surface area contributed by atoms with Crippen molar-refractivity contribution in [2.24, 2.45) is 0 Å². The third-order valence-corrected chi connectivity index (χ3v) is 0.905. The van der Waals surface area contributed by atoms with Crippen LogP contribution in [0.3, 0.4) is 0 Å². The van der Waals surface area contributed by atoms with Crippen LogP contribution in [0.1, 0.15) is 20.3 Å². The fourth-order valence-electron chi connectivity index (χ4n) is 0.506. The van der Waals surface area contributed by atoms with Crippen LogP contribution in [-0.2, 0) is 19.0 Å². The molecule has 0 N–H and O–H groups in total. The van der Waals surface area contributed by atoms with Crippen molar-refractivity contribution in [3.8, 4) is 0 Å². The molecule has 0 amide bonds. The number of carbonyl (C=O) groups excluding carboxylic acids is 1. The molecule has 0 saturated carbocycles. The van der Waals surface area contributed by atoms with Crippen molar-refractivity contribution < 1.29 is 19.0 Å². The highest BCUT2D eigenvalue weighted by Gasteiger charge is 2.07. The molecule has 4 heteroatoms. The first-order valence-corrected chi connectivity index (χ1v) is 3.61. The topological polar surface area (TPSA) is 44.8 Å². The molecule has 0 bridgehead atoms. The van der Waals surface area contributed by atoms with Gasteiger partial charge in [-0.2, -0.15) is 0 Å². The van der Waals surface area contributed by atoms with Gasteiger partial charge in [0.2, 0.25) is 0 Å². The Hall–Kier alpha value is -0.610. The maximum absolute atomic E-state index is 9.75. The van der Waals surface area contributed by atoms with Gasteiger partial charge in [0, 0.05) is 0 Å². The van der Waals surface area contributed by atoms with Gasteiger partial charge in [0.1, 0.15) is 0 Å². The van der Waals surface area contributed by atoms with E-state index in [9.17, 15) is 4.79 Å². The van der Waals surface area contributed by atoms with Crippen LogP contribution >= 0.6 is 0 Å². The molecule has 1 unspecified atom stereocenters. The maximum Gasteiger partial charge on any atom is 0.421 e. The van der Waals surface area contributed by atoms with Gasteiger partial charge in [0.25, 0.3) is 0 Å². The number of hydrogen-bond acceptors (Lipinski definition) is 4. The maximum atomic E-state index is 9.75. The summed E-state index contributed by atoms with van der Waals surface area (Å²) in [5.41, 5.74) is 0. The Bertz CT molecular complexity index is 94.4. The second kappa shape index (κ2) is 7.50. The molecular weight excluding hydrogens is 148 g/mol. The predicted molar refractivity (Wildman–Crippen MR) is 38.4 cm³/mol. The van der Waals surface area contributed by atoms with Crippen molar-refractivity contribution in [3.05, 3.63) is 0 Å². The van der Waals surface area contributed by atoms with Gasteiger partial charge in [0.15, 0.2) is 0 Å². The van der Waals surface area contributed by atoms with Gasteiger partial charge in [0.05, 0.1) is 13.2 Å². The van der Waals surface area contributed by atoms with Gasteiger partial charge in [-0.3, -0.25) is 0 Å². The summed E-state index contributed by atoms with van der Waals surface area (Å²) >= 11 is 0. The normalized spacial score (nSPS) is 12.5. The molecule has 11 heavy (non-hydrogen) atoms. The summed E-state index contributed by atoms with van der Waals surface area (Å²) in [5.74, 6) is 0. The molecule has 0 aromatic carbocycles. The van der Waals surface area contributed by atoms with Crippen molar-refractivity contribution in [2.45, 2.75) is 26.7 Å². The summed E-state index contributed by atoms with van der Waals surface area (Å²) in [6.07, 6.45) is 0.853. The molecule has 0 aromatic rings. The summed E-state index contributed by atoms with van der Waals surface area (Å²) < 4.78 is 14.2. The van der Waals surface area contributed by atoms with Gasteiger partial charge in [-0.1, -0.05) is 6.92 Å². The van der Waals surface area contributed by atoms with Crippen LogP contribution in [0.2, 0.25) is 0 Å². The number of hydrogen-bond donors (Lipinski definition) is 0. The second-order valence-corrected chi connectivity index (χ2v) is 1.82. The first-order chi connectivity index (χ1) is 5.35. The Balaban J connectivity index is 3.41. The Kier molecular flexibility index (Phi) is 7.08. The van der Waals surface area contributed by atoms with E-state index in [1.54, 1.807) is 6.92 Å². The molecule has 65 valence electrons. The minimum absolute atomic E-state index is 0.441. The lowest BCUT2D eigenvalue weighted by Crippen LogP contribution is -2.20. The molecule has 0 aliphatic carbocycles. The summed E-state index contributed by atoms with van der Waals surface area (Å²) in [5, 5.41) is 0. The van der Waals surface area contributed by atoms with Crippen LogP contribution in [0.5, 0.6) is 0 Å². The van der Waals surface area contributed by atoms with Crippen molar-refractivity contribution in [2.75, 3.05) is 13.2 Å². The molecule has 0 heterocycles. The smallest absolute Gasteiger partial charge is 0.402 e. The summed E-state index contributed by atoms with van der Waals surface area (Å²) in [6.45, 7) is 5.06. The van der Waals surface area contributed by atoms with Crippen LogP contribution in [0.4, 0.5) is 0 Å². The third-order valence-electron chi connectivity index (χ3n) is 0.905. The Morgan fingerprint density at radius 2 is 2.09 bits per heavy atom. The van der Waals surface area contributed by atoms with E-state index < -0.39 is 6.48 Å². The van der Waals surface area contributed by atoms with Gasteiger partial charge < -0.3 is 14.2 Å². The third kappa shape index (κ3) is 5.82. The van der Waals surface area contributed by atoms with Crippen LogP contribution in [0.15, 0.2) is 0 Å². The van der Waals surface area contributed by atoms with Crippen molar-refractivity contribution >= 4 is 6.47 Å². The number of rotatable bonds is 7. The Labute approximate surface area is 66.4 Å². The molecule has 0 aliphatic rings. The highest BCUT2D eigenvalue weighted by Crippen LogP contribution is 1.96. The molecule has 0 rings (SSSR count). The zero-order valence-electron chi connectivity index (χ0n) is 6.83. The standard InChI is InChI=1S/C7H13O4/c1-3-5-10-7(9-4-2)11-6-8/h7H,3-5H2,1-2H3. The van der Waals surface area contributed by atoms with E-state index in [0.29, 0.717) is 13.2 Å². The van der Waals surface area contributed by atoms with E-state index in [4.69, 9.17) is 9.47 Å². The monoisotopic (exact) mass is 161 g/mol. The van der Waals surface area contributed by atoms with Gasteiger partial charge in [-0.25, -0.2) is 4.79 Å². The SMILES string of the molecule is CCCOC(O[C]=O)OCC. The summed E-state index contributed by atoms with van der Waals surface area (Å²) in [4.78, 5) is 9.75. The zero-order valence-corrected chi connectivity index (χ0v) is 6.83. The highest BCUT2D eigenvalue weighted by molar-refractivity contribution is 5.38. The average Bonchev–Trinajstić information content (AvgIpc) is 2.01. The van der Waals surface area contributed by atoms with Crippen LogP contribution < -0.4 is 0 Å². The highest BCUT2D eigenvalue weighted by atomic mass is 16.8. The van der Waals surface area contributed by atoms with Crippen LogP contribution in [-0.4, -0.2) is 26.2 Å². The lowest BCUT2D eigenvalue weighted by molar-refractivity contribution is -0.251. The van der Waals surface area contributed by atoms with Crippen molar-refractivity contribution in [1.29, 1.82) is 0 Å². The number of ether oxygens (including phenoxy) is 3. The Morgan fingerprint density at radius 1 is 1.36 bits per heavy atom. The van der Waals surface area contributed by atoms with E-state index in [-0.39, 0.29) is 0 Å². The van der Waals surface area contributed by atoms with Crippen LogP contribution in [0.25, 0.3) is 0 Å². The van der Waals surface area contributed by atoms with Gasteiger partial charge in [-0.15, -0.1) is 0 Å². The largest absolute Gasteiger partial charge is 0.421 e. The molecule has 4 nitrogen and oxygen atoms in total. The lowest BCUT2D eigenvalue weighted by atomic mass is 10.5. The fourth-order valence-corrected chi connectivity index (χ4v) is 0.506. The van der Waals surface area contributed by atoms with Crippen molar-refractivity contribution in [3.63, 3.8) is 0 Å². The predicted octanol–water partition coefficient (Wildman–Crippen LogP) is 0.817. The molecule has 0 aliphatic heterocycles. The summed E-state index contributed by atoms with van der Waals surface area (Å²) in [6, 6.07) is 0. The average molecular weight is 161 g/mol. The van der Waals surface area contributed by atoms with Gasteiger partial charge in [-0.05, 0) is 13.3 Å². The van der Waals surface area contributed by atoms with E-state index in [2.05, 4.69) is 4.74 Å². The van der Waals surface area contributed by atoms with Crippen molar-refractivity contribution in [1.82, 2.24) is 0 Å². The molecule has 0 saturated heterocycles. The summed E-state index contributed by atoms with van der Waals surface area (Å²) in [7, 11) is 0. The Morgan fingerprint density at radius 3 is 2.55 bits per heavy atom. The van der Waals surface area contributed by atoms with E-state index >= 15 is 0 Å². The van der Waals surface area contributed by atoms with Crippen LogP contribution in [0, 0.1) is 0 Å². The second-order valence-electron chi connectivity index (χ2n) is 1.82. The van der Waals surface area contributed by atoms with E-state index in [1.807, 2.05) is 6.92 Å². The molecule has 0 fully saturated rings. The molecule has 1 atom stereocenters. The molecule has 0 spiro atoms. The molecular formula is C7H13O4. The zero-order chi connectivity index (χ0) is 8.53. The van der Waals surface area contributed by atoms with Gasteiger partial charge >= 0.3 is 12.9 Å². The molecule has 0 aromatic heterocycles. The quantitative estimate of drug-likeness (QED) is 0.518. The first-order valence-electron chi connectivity index (χ1n) is 3.61. The first kappa shape index (κ1) is 10.4. The fraction of sp³-hybridized carbons (Fsp3) is 0.857. The lowest BCUT2D eigenvalue weighted by Gasteiger charge is -2.13. The van der Waals surface area contributed by atoms with E-state index in [0.717, 1.165) is 6.42 Å².